The summed E-state index contributed by atoms with van der Waals surface area (Å²) in [7, 11) is 1.68. The first-order valence-corrected chi connectivity index (χ1v) is 9.06. The SMILES string of the molecule is CCNC(=NCc1ccc(O)cc1)NCCC(C)c1ccc(OC)cc1.I. The molecule has 0 spiro atoms. The summed E-state index contributed by atoms with van der Waals surface area (Å²) in [5.41, 5.74) is 2.37. The lowest BCUT2D eigenvalue weighted by Crippen LogP contribution is -2.38. The van der Waals surface area contributed by atoms with Gasteiger partial charge in [-0.3, -0.25) is 0 Å². The second-order valence-electron chi connectivity index (χ2n) is 6.25. The van der Waals surface area contributed by atoms with Crippen LogP contribution in [0.3, 0.4) is 0 Å². The molecular weight excluding hydrogens is 453 g/mol. The molecule has 2 aromatic carbocycles. The molecule has 0 heterocycles. The third kappa shape index (κ3) is 8.07. The molecule has 1 unspecified atom stereocenters. The fourth-order valence-corrected chi connectivity index (χ4v) is 2.62. The van der Waals surface area contributed by atoms with Gasteiger partial charge in [-0.05, 0) is 54.7 Å². The van der Waals surface area contributed by atoms with Crippen molar-refractivity contribution in [2.24, 2.45) is 4.99 Å². The number of nitrogens with one attached hydrogen (secondary N) is 2. The van der Waals surface area contributed by atoms with Gasteiger partial charge in [0.05, 0.1) is 13.7 Å². The van der Waals surface area contributed by atoms with E-state index >= 15 is 0 Å². The highest BCUT2D eigenvalue weighted by atomic mass is 127. The number of hydrogen-bond acceptors (Lipinski definition) is 3. The number of phenolic OH excluding ortho intramolecular Hbond substituents is 1. The molecule has 0 saturated heterocycles. The minimum absolute atomic E-state index is 0. The number of halogens is 1. The summed E-state index contributed by atoms with van der Waals surface area (Å²) in [6, 6.07) is 15.4. The van der Waals surface area contributed by atoms with E-state index in [-0.39, 0.29) is 29.7 Å². The predicted octanol–water partition coefficient (Wildman–Crippen LogP) is 4.27. The number of nitrogens with zero attached hydrogens (tertiary/aromatic N) is 1. The Bertz CT molecular complexity index is 688. The standard InChI is InChI=1S/C21H29N3O2.HI/c1-4-22-21(24-15-17-5-9-19(25)10-6-17)23-14-13-16(2)18-7-11-20(26-3)12-8-18;/h5-12,16,25H,4,13-15H2,1-3H3,(H2,22,23,24);1H. The molecule has 6 heteroatoms. The van der Waals surface area contributed by atoms with Crippen molar-refractivity contribution in [1.82, 2.24) is 10.6 Å². The van der Waals surface area contributed by atoms with Crippen LogP contribution in [0.15, 0.2) is 53.5 Å². The van der Waals surface area contributed by atoms with E-state index in [0.717, 1.165) is 36.8 Å². The number of hydrogen-bond donors (Lipinski definition) is 3. The van der Waals surface area contributed by atoms with E-state index in [1.165, 1.54) is 5.56 Å². The molecule has 0 aliphatic heterocycles. The number of guanidine groups is 1. The quantitative estimate of drug-likeness (QED) is 0.298. The number of aromatic hydroxyl groups is 1. The number of ether oxygens (including phenoxy) is 1. The third-order valence-electron chi connectivity index (χ3n) is 4.25. The largest absolute Gasteiger partial charge is 0.508 e. The van der Waals surface area contributed by atoms with Gasteiger partial charge in [-0.15, -0.1) is 24.0 Å². The van der Waals surface area contributed by atoms with E-state index in [9.17, 15) is 5.11 Å². The highest BCUT2D eigenvalue weighted by molar-refractivity contribution is 14.0. The molecule has 148 valence electrons. The van der Waals surface area contributed by atoms with Crippen LogP contribution in [0.2, 0.25) is 0 Å². The van der Waals surface area contributed by atoms with Crippen LogP contribution >= 0.6 is 24.0 Å². The van der Waals surface area contributed by atoms with E-state index in [1.807, 2.05) is 24.3 Å². The van der Waals surface area contributed by atoms with E-state index < -0.39 is 0 Å². The molecule has 1 atom stereocenters. The van der Waals surface area contributed by atoms with Crippen LogP contribution in [0.1, 0.15) is 37.3 Å². The second kappa shape index (κ2) is 12.4. The average Bonchev–Trinajstić information content (AvgIpc) is 2.67. The van der Waals surface area contributed by atoms with E-state index in [2.05, 4.69) is 41.6 Å². The zero-order valence-corrected chi connectivity index (χ0v) is 18.6. The van der Waals surface area contributed by atoms with Gasteiger partial charge in [0, 0.05) is 13.1 Å². The Labute approximate surface area is 179 Å². The van der Waals surface area contributed by atoms with Crippen molar-refractivity contribution >= 4 is 29.9 Å². The predicted molar refractivity (Wildman–Crippen MR) is 122 cm³/mol. The fourth-order valence-electron chi connectivity index (χ4n) is 2.62. The first kappa shape index (κ1) is 23.1. The Morgan fingerprint density at radius 1 is 1.07 bits per heavy atom. The number of methoxy groups -OCH3 is 1. The highest BCUT2D eigenvalue weighted by Gasteiger charge is 2.06. The zero-order valence-electron chi connectivity index (χ0n) is 16.2. The van der Waals surface area contributed by atoms with Crippen molar-refractivity contribution in [3.05, 3.63) is 59.7 Å². The van der Waals surface area contributed by atoms with Crippen LogP contribution in [-0.2, 0) is 6.54 Å². The molecule has 0 radical (unpaired) electrons. The lowest BCUT2D eigenvalue weighted by atomic mass is 9.98. The molecule has 0 aliphatic carbocycles. The van der Waals surface area contributed by atoms with Gasteiger partial charge in [-0.2, -0.15) is 0 Å². The van der Waals surface area contributed by atoms with Gasteiger partial charge in [0.1, 0.15) is 11.5 Å². The lowest BCUT2D eigenvalue weighted by molar-refractivity contribution is 0.414. The minimum Gasteiger partial charge on any atom is -0.508 e. The topological polar surface area (TPSA) is 65.9 Å². The minimum atomic E-state index is 0. The van der Waals surface area contributed by atoms with Gasteiger partial charge in [-0.1, -0.05) is 31.2 Å². The Kier molecular flexibility index (Phi) is 10.6. The smallest absolute Gasteiger partial charge is 0.191 e. The molecule has 5 nitrogen and oxygen atoms in total. The van der Waals surface area contributed by atoms with Crippen molar-refractivity contribution < 1.29 is 9.84 Å². The first-order valence-electron chi connectivity index (χ1n) is 9.06. The van der Waals surface area contributed by atoms with E-state index in [4.69, 9.17) is 4.74 Å². The molecular formula is C21H30IN3O2. The van der Waals surface area contributed by atoms with E-state index in [0.29, 0.717) is 12.5 Å². The zero-order chi connectivity index (χ0) is 18.8. The van der Waals surface area contributed by atoms with Crippen LogP contribution in [0.4, 0.5) is 0 Å². The summed E-state index contributed by atoms with van der Waals surface area (Å²) >= 11 is 0. The molecule has 2 rings (SSSR count). The van der Waals surface area contributed by atoms with Crippen LogP contribution in [0.5, 0.6) is 11.5 Å². The fraction of sp³-hybridized carbons (Fsp3) is 0.381. The molecule has 2 aromatic rings. The maximum Gasteiger partial charge on any atom is 0.191 e. The number of aliphatic imine (C=N–C) groups is 1. The van der Waals surface area contributed by atoms with Crippen molar-refractivity contribution in [1.29, 1.82) is 0 Å². The molecule has 0 aliphatic rings. The Hall–Kier alpha value is -1.96. The molecule has 0 aromatic heterocycles. The number of rotatable bonds is 8. The number of phenols is 1. The van der Waals surface area contributed by atoms with Gasteiger partial charge >= 0.3 is 0 Å². The molecule has 0 amide bonds. The van der Waals surface area contributed by atoms with Crippen molar-refractivity contribution in [3.8, 4) is 11.5 Å². The van der Waals surface area contributed by atoms with Crippen LogP contribution in [0.25, 0.3) is 0 Å². The lowest BCUT2D eigenvalue weighted by Gasteiger charge is -2.15. The van der Waals surface area contributed by atoms with Gasteiger partial charge in [0.2, 0.25) is 0 Å². The summed E-state index contributed by atoms with van der Waals surface area (Å²) in [6.45, 7) is 6.51. The molecule has 0 saturated carbocycles. The molecule has 3 N–H and O–H groups in total. The highest BCUT2D eigenvalue weighted by Crippen LogP contribution is 2.21. The monoisotopic (exact) mass is 483 g/mol. The number of benzene rings is 2. The summed E-state index contributed by atoms with van der Waals surface area (Å²) in [4.78, 5) is 4.60. The Morgan fingerprint density at radius 2 is 1.74 bits per heavy atom. The van der Waals surface area contributed by atoms with Gasteiger partial charge in [0.25, 0.3) is 0 Å². The van der Waals surface area contributed by atoms with Gasteiger partial charge < -0.3 is 20.5 Å². The maximum atomic E-state index is 9.34. The molecule has 0 fully saturated rings. The second-order valence-corrected chi connectivity index (χ2v) is 6.25. The molecule has 27 heavy (non-hydrogen) atoms. The summed E-state index contributed by atoms with van der Waals surface area (Å²) in [5.74, 6) is 2.42. The molecule has 0 bridgehead atoms. The summed E-state index contributed by atoms with van der Waals surface area (Å²) in [5, 5.41) is 16.0. The van der Waals surface area contributed by atoms with Crippen molar-refractivity contribution in [3.63, 3.8) is 0 Å². The van der Waals surface area contributed by atoms with Crippen LogP contribution in [-0.4, -0.2) is 31.3 Å². The summed E-state index contributed by atoms with van der Waals surface area (Å²) < 4.78 is 5.21. The normalized spacial score (nSPS) is 12.0. The van der Waals surface area contributed by atoms with E-state index in [1.54, 1.807) is 19.2 Å². The van der Waals surface area contributed by atoms with Gasteiger partial charge in [-0.25, -0.2) is 4.99 Å². The third-order valence-corrected chi connectivity index (χ3v) is 4.25. The van der Waals surface area contributed by atoms with Crippen LogP contribution in [0, 0.1) is 0 Å². The van der Waals surface area contributed by atoms with Gasteiger partial charge in [0.15, 0.2) is 5.96 Å². The van der Waals surface area contributed by atoms with Crippen LogP contribution < -0.4 is 15.4 Å². The Morgan fingerprint density at radius 3 is 2.33 bits per heavy atom. The average molecular weight is 483 g/mol. The Balaban J connectivity index is 0.00000364. The van der Waals surface area contributed by atoms with Crippen molar-refractivity contribution in [2.45, 2.75) is 32.7 Å². The maximum absolute atomic E-state index is 9.34. The summed E-state index contributed by atoms with van der Waals surface area (Å²) in [6.07, 6.45) is 1.01. The van der Waals surface area contributed by atoms with Crippen molar-refractivity contribution in [2.75, 3.05) is 20.2 Å². The first-order chi connectivity index (χ1) is 12.6.